The van der Waals surface area contributed by atoms with Crippen LogP contribution < -0.4 is 5.73 Å². The van der Waals surface area contributed by atoms with Crippen LogP contribution in [-0.2, 0) is 9.53 Å². The molecule has 25 heavy (non-hydrogen) atoms. The molecule has 7 nitrogen and oxygen atoms in total. The van der Waals surface area contributed by atoms with E-state index in [1.807, 2.05) is 4.90 Å². The normalized spacial score (nSPS) is 27.2. The number of carbonyl (C=O) groups excluding carboxylic acids is 2. The summed E-state index contributed by atoms with van der Waals surface area (Å²) in [6, 6.07) is 1.70. The number of hydrogen-bond donors (Lipinski definition) is 2. The summed E-state index contributed by atoms with van der Waals surface area (Å²) in [7, 11) is 0. The molecule has 1 saturated heterocycles. The number of H-pyrrole nitrogens is 1. The van der Waals surface area contributed by atoms with Gasteiger partial charge in [0.15, 0.2) is 0 Å². The molecule has 0 unspecified atom stereocenters. The highest BCUT2D eigenvalue weighted by molar-refractivity contribution is 5.90. The lowest BCUT2D eigenvalue weighted by Crippen LogP contribution is -2.41. The first kappa shape index (κ1) is 17.9. The summed E-state index contributed by atoms with van der Waals surface area (Å²) in [5, 5.41) is 6.82. The van der Waals surface area contributed by atoms with Gasteiger partial charge in [0.2, 0.25) is 5.91 Å². The quantitative estimate of drug-likeness (QED) is 0.847. The maximum absolute atomic E-state index is 12.5. The number of nitrogens with one attached hydrogen (secondary N) is 1. The molecule has 2 amide bonds. The number of likely N-dealkylation sites (tertiary alicyclic amines) is 1. The molecule has 3 rings (SSSR count). The van der Waals surface area contributed by atoms with E-state index in [0.717, 1.165) is 37.9 Å². The fourth-order valence-corrected chi connectivity index (χ4v) is 3.94. The zero-order chi connectivity index (χ0) is 17.8. The molecule has 7 heteroatoms. The Morgan fingerprint density at radius 2 is 2.20 bits per heavy atom. The lowest BCUT2D eigenvalue weighted by molar-refractivity contribution is -0.140. The number of aromatic amines is 1. The molecule has 0 spiro atoms. The summed E-state index contributed by atoms with van der Waals surface area (Å²) >= 11 is 0. The Balaban J connectivity index is 1.51. The molecule has 138 valence electrons. The van der Waals surface area contributed by atoms with E-state index in [1.54, 1.807) is 6.07 Å². The summed E-state index contributed by atoms with van der Waals surface area (Å²) in [5.41, 5.74) is 6.36. The zero-order valence-corrected chi connectivity index (χ0v) is 14.9. The van der Waals surface area contributed by atoms with Crippen molar-refractivity contribution in [3.63, 3.8) is 0 Å². The first-order valence-corrected chi connectivity index (χ1v) is 9.27. The summed E-state index contributed by atoms with van der Waals surface area (Å²) in [6.07, 6.45) is 6.68. The maximum Gasteiger partial charge on any atom is 0.269 e. The van der Waals surface area contributed by atoms with Crippen LogP contribution in [0.5, 0.6) is 0 Å². The average molecular weight is 348 g/mol. The zero-order valence-electron chi connectivity index (χ0n) is 14.9. The highest BCUT2D eigenvalue weighted by Gasteiger charge is 2.27. The van der Waals surface area contributed by atoms with Gasteiger partial charge in [-0.2, -0.15) is 5.10 Å². The van der Waals surface area contributed by atoms with Gasteiger partial charge in [0, 0.05) is 24.7 Å². The van der Waals surface area contributed by atoms with E-state index in [0.29, 0.717) is 12.5 Å². The van der Waals surface area contributed by atoms with E-state index in [9.17, 15) is 9.59 Å². The molecular weight excluding hydrogens is 320 g/mol. The Hall–Kier alpha value is -1.89. The van der Waals surface area contributed by atoms with Crippen LogP contribution in [0.15, 0.2) is 6.07 Å². The number of hydrogen-bond acceptors (Lipinski definition) is 4. The molecule has 2 aliphatic rings. The SMILES string of the molecule is C[C@@H]1CCC[C@H](OCC(=O)N2CCC[C@H](c3cc(C(N)=O)n[nH]3)C2)C1. The lowest BCUT2D eigenvalue weighted by atomic mass is 9.89. The van der Waals surface area contributed by atoms with Crippen molar-refractivity contribution in [2.75, 3.05) is 19.7 Å². The van der Waals surface area contributed by atoms with Crippen molar-refractivity contribution in [1.29, 1.82) is 0 Å². The highest BCUT2D eigenvalue weighted by atomic mass is 16.5. The molecule has 0 radical (unpaired) electrons. The van der Waals surface area contributed by atoms with Crippen LogP contribution in [0.3, 0.4) is 0 Å². The smallest absolute Gasteiger partial charge is 0.269 e. The summed E-state index contributed by atoms with van der Waals surface area (Å²) in [5.74, 6) is 0.361. The van der Waals surface area contributed by atoms with E-state index in [1.165, 1.54) is 12.8 Å². The van der Waals surface area contributed by atoms with Gasteiger partial charge in [0.25, 0.3) is 5.91 Å². The molecule has 3 N–H and O–H groups in total. The molecule has 3 atom stereocenters. The van der Waals surface area contributed by atoms with Gasteiger partial charge >= 0.3 is 0 Å². The minimum atomic E-state index is -0.540. The van der Waals surface area contributed by atoms with E-state index in [4.69, 9.17) is 10.5 Å². The Morgan fingerprint density at radius 1 is 1.36 bits per heavy atom. The molecule has 0 bridgehead atoms. The van der Waals surface area contributed by atoms with Crippen molar-refractivity contribution in [2.24, 2.45) is 11.7 Å². The molecule has 0 aromatic carbocycles. The third-order valence-electron chi connectivity index (χ3n) is 5.39. The Bertz CT molecular complexity index is 615. The number of aromatic nitrogens is 2. The largest absolute Gasteiger partial charge is 0.368 e. The van der Waals surface area contributed by atoms with Crippen molar-refractivity contribution in [3.8, 4) is 0 Å². The number of amides is 2. The molecule has 2 heterocycles. The highest BCUT2D eigenvalue weighted by Crippen LogP contribution is 2.27. The van der Waals surface area contributed by atoms with Crippen LogP contribution in [0, 0.1) is 5.92 Å². The second-order valence-electron chi connectivity index (χ2n) is 7.46. The van der Waals surface area contributed by atoms with Crippen LogP contribution in [0.2, 0.25) is 0 Å². The van der Waals surface area contributed by atoms with Crippen LogP contribution in [0.4, 0.5) is 0 Å². The number of rotatable bonds is 5. The average Bonchev–Trinajstić information content (AvgIpc) is 3.10. The lowest BCUT2D eigenvalue weighted by Gasteiger charge is -2.33. The van der Waals surface area contributed by atoms with E-state index in [-0.39, 0.29) is 30.2 Å². The summed E-state index contributed by atoms with van der Waals surface area (Å²) < 4.78 is 5.87. The van der Waals surface area contributed by atoms with Crippen molar-refractivity contribution in [3.05, 3.63) is 17.5 Å². The van der Waals surface area contributed by atoms with Gasteiger partial charge in [-0.05, 0) is 37.7 Å². The second-order valence-corrected chi connectivity index (χ2v) is 7.46. The van der Waals surface area contributed by atoms with Crippen molar-refractivity contribution in [1.82, 2.24) is 15.1 Å². The minimum absolute atomic E-state index is 0.0533. The fourth-order valence-electron chi connectivity index (χ4n) is 3.94. The van der Waals surface area contributed by atoms with Crippen LogP contribution in [-0.4, -0.2) is 52.7 Å². The van der Waals surface area contributed by atoms with Gasteiger partial charge in [0.1, 0.15) is 12.3 Å². The Labute approximate surface area is 148 Å². The fraction of sp³-hybridized carbons (Fsp3) is 0.722. The molecule has 1 saturated carbocycles. The number of carbonyl (C=O) groups is 2. The van der Waals surface area contributed by atoms with Gasteiger partial charge in [-0.25, -0.2) is 0 Å². The van der Waals surface area contributed by atoms with E-state index >= 15 is 0 Å². The van der Waals surface area contributed by atoms with E-state index in [2.05, 4.69) is 17.1 Å². The topological polar surface area (TPSA) is 101 Å². The first-order chi connectivity index (χ1) is 12.0. The van der Waals surface area contributed by atoms with E-state index < -0.39 is 5.91 Å². The maximum atomic E-state index is 12.5. The van der Waals surface area contributed by atoms with Crippen LogP contribution in [0.1, 0.15) is 67.5 Å². The predicted molar refractivity (Wildman–Crippen MR) is 93.0 cm³/mol. The monoisotopic (exact) mass is 348 g/mol. The number of nitrogens with zero attached hydrogens (tertiary/aromatic N) is 2. The summed E-state index contributed by atoms with van der Waals surface area (Å²) in [4.78, 5) is 25.6. The predicted octanol–water partition coefficient (Wildman–Crippen LogP) is 1.81. The standard InChI is InChI=1S/C18H28N4O3/c1-12-4-2-6-14(8-12)25-11-17(23)22-7-3-5-13(10-22)15-9-16(18(19)24)21-20-15/h9,12-14H,2-8,10-11H2,1H3,(H2,19,24)(H,20,21)/t12-,13+,14+/m1/s1. The molecule has 1 aromatic heterocycles. The molecule has 1 aliphatic carbocycles. The van der Waals surface area contributed by atoms with Crippen LogP contribution >= 0.6 is 0 Å². The van der Waals surface area contributed by atoms with Crippen molar-refractivity contribution >= 4 is 11.8 Å². The number of ether oxygens (including phenoxy) is 1. The minimum Gasteiger partial charge on any atom is -0.368 e. The number of piperidine rings is 1. The van der Waals surface area contributed by atoms with Crippen LogP contribution in [0.25, 0.3) is 0 Å². The van der Waals surface area contributed by atoms with Gasteiger partial charge in [-0.1, -0.05) is 19.8 Å². The number of primary amides is 1. The Kier molecular flexibility index (Phi) is 5.73. The Morgan fingerprint density at radius 3 is 2.92 bits per heavy atom. The van der Waals surface area contributed by atoms with Gasteiger partial charge in [-0.15, -0.1) is 0 Å². The van der Waals surface area contributed by atoms with Gasteiger partial charge in [0.05, 0.1) is 6.10 Å². The second kappa shape index (κ2) is 7.99. The van der Waals surface area contributed by atoms with Crippen molar-refractivity contribution < 1.29 is 14.3 Å². The number of nitrogens with two attached hydrogens (primary N) is 1. The van der Waals surface area contributed by atoms with Gasteiger partial charge in [-0.3, -0.25) is 14.7 Å². The van der Waals surface area contributed by atoms with Crippen molar-refractivity contribution in [2.45, 2.75) is 57.5 Å². The third-order valence-corrected chi connectivity index (χ3v) is 5.39. The molecular formula is C18H28N4O3. The molecule has 2 fully saturated rings. The molecule has 1 aliphatic heterocycles. The first-order valence-electron chi connectivity index (χ1n) is 9.27. The molecule has 1 aromatic rings. The summed E-state index contributed by atoms with van der Waals surface area (Å²) in [6.45, 7) is 3.80. The third kappa shape index (κ3) is 4.60. The van der Waals surface area contributed by atoms with Gasteiger partial charge < -0.3 is 15.4 Å².